The first-order chi connectivity index (χ1) is 15.4. The first kappa shape index (κ1) is 19.8. The lowest BCUT2D eigenvalue weighted by Gasteiger charge is -2.11. The molecule has 160 valence electrons. The van der Waals surface area contributed by atoms with Gasteiger partial charge in [-0.05, 0) is 54.6 Å². The first-order valence-corrected chi connectivity index (χ1v) is 10.1. The van der Waals surface area contributed by atoms with Crippen molar-refractivity contribution in [2.45, 2.75) is 19.5 Å². The number of anilines is 2. The molecule has 5 rings (SSSR count). The number of aryl methyl sites for hydroxylation is 1. The molecule has 4 N–H and O–H groups in total. The van der Waals surface area contributed by atoms with Crippen molar-refractivity contribution in [3.63, 3.8) is 0 Å². The minimum atomic E-state index is -1.08. The number of aromatic amines is 1. The molecule has 32 heavy (non-hydrogen) atoms. The van der Waals surface area contributed by atoms with Gasteiger partial charge in [0, 0.05) is 29.5 Å². The summed E-state index contributed by atoms with van der Waals surface area (Å²) >= 11 is 0. The summed E-state index contributed by atoms with van der Waals surface area (Å²) in [6.45, 7) is 1.90. The zero-order chi connectivity index (χ0) is 22.4. The normalized spacial score (nSPS) is 17.3. The van der Waals surface area contributed by atoms with Gasteiger partial charge in [0.1, 0.15) is 17.8 Å². The van der Waals surface area contributed by atoms with E-state index in [1.54, 1.807) is 30.6 Å². The van der Waals surface area contributed by atoms with E-state index in [4.69, 9.17) is 5.73 Å². The van der Waals surface area contributed by atoms with Crippen LogP contribution >= 0.6 is 0 Å². The van der Waals surface area contributed by atoms with Gasteiger partial charge in [-0.1, -0.05) is 0 Å². The maximum absolute atomic E-state index is 13.1. The second-order valence-electron chi connectivity index (χ2n) is 7.83. The van der Waals surface area contributed by atoms with Crippen molar-refractivity contribution in [2.75, 3.05) is 11.1 Å². The quantitative estimate of drug-likeness (QED) is 0.456. The summed E-state index contributed by atoms with van der Waals surface area (Å²) in [4.78, 5) is 39.9. The van der Waals surface area contributed by atoms with E-state index in [1.165, 1.54) is 6.20 Å². The molecule has 0 bridgehead atoms. The molecule has 0 saturated heterocycles. The molecule has 0 aliphatic heterocycles. The van der Waals surface area contributed by atoms with Gasteiger partial charge < -0.3 is 16.0 Å². The summed E-state index contributed by atoms with van der Waals surface area (Å²) in [7, 11) is 0. The van der Waals surface area contributed by atoms with E-state index >= 15 is 0 Å². The Balaban J connectivity index is 1.51. The van der Waals surface area contributed by atoms with Crippen LogP contribution < -0.4 is 16.6 Å². The van der Waals surface area contributed by atoms with Crippen molar-refractivity contribution >= 4 is 28.3 Å². The third-order valence-corrected chi connectivity index (χ3v) is 5.53. The molecule has 1 aliphatic carbocycles. The fraction of sp³-hybridized carbons (Fsp3) is 0.174. The highest BCUT2D eigenvalue weighted by Gasteiger charge is 2.43. The SMILES string of the molecule is Cc1cc(-c2ccc[nH]c2=O)ncc1-c1cc2cc(NC(=O)C3CC3F)ncc2c(N)n1. The Bertz CT molecular complexity index is 1430. The van der Waals surface area contributed by atoms with Crippen molar-refractivity contribution < 1.29 is 9.18 Å². The van der Waals surface area contributed by atoms with E-state index in [9.17, 15) is 14.0 Å². The standard InChI is InChI=1S/C23H19FN6O2/c1-11-5-18(13-3-2-4-26-22(13)31)27-9-15(11)19-6-12-7-20(28-10-16(12)21(25)29-19)30-23(32)14-8-17(14)24/h2-7,9-10,14,17H,8H2,1H3,(H2,25,29)(H,26,31)(H,28,30,32). The number of hydrogen-bond acceptors (Lipinski definition) is 6. The summed E-state index contributed by atoms with van der Waals surface area (Å²) in [5, 5.41) is 4.02. The average Bonchev–Trinajstić information content (AvgIpc) is 3.50. The van der Waals surface area contributed by atoms with Gasteiger partial charge in [0.25, 0.3) is 5.56 Å². The van der Waals surface area contributed by atoms with Gasteiger partial charge in [0.2, 0.25) is 5.91 Å². The molecule has 4 aromatic heterocycles. The van der Waals surface area contributed by atoms with Crippen molar-refractivity contribution in [3.8, 4) is 22.5 Å². The molecule has 4 heterocycles. The van der Waals surface area contributed by atoms with Crippen LogP contribution in [0.2, 0.25) is 0 Å². The van der Waals surface area contributed by atoms with Gasteiger partial charge in [-0.2, -0.15) is 0 Å². The first-order valence-electron chi connectivity index (χ1n) is 10.1. The fourth-order valence-electron chi connectivity index (χ4n) is 3.63. The number of alkyl halides is 1. The number of carbonyl (C=O) groups excluding carboxylic acids is 1. The Morgan fingerprint density at radius 3 is 2.72 bits per heavy atom. The number of carbonyl (C=O) groups is 1. The largest absolute Gasteiger partial charge is 0.383 e. The number of nitrogens with two attached hydrogens (primary N) is 1. The Hall–Kier alpha value is -4.14. The highest BCUT2D eigenvalue weighted by molar-refractivity contribution is 5.98. The lowest BCUT2D eigenvalue weighted by Crippen LogP contribution is -2.15. The van der Waals surface area contributed by atoms with E-state index in [0.717, 1.165) is 16.5 Å². The molecule has 4 aromatic rings. The van der Waals surface area contributed by atoms with Gasteiger partial charge >= 0.3 is 0 Å². The van der Waals surface area contributed by atoms with E-state index in [2.05, 4.69) is 25.3 Å². The molecule has 0 spiro atoms. The number of H-pyrrole nitrogens is 1. The third-order valence-electron chi connectivity index (χ3n) is 5.53. The number of nitrogens with zero attached hydrogens (tertiary/aromatic N) is 3. The van der Waals surface area contributed by atoms with Crippen molar-refractivity contribution in [1.29, 1.82) is 0 Å². The van der Waals surface area contributed by atoms with Gasteiger partial charge in [-0.25, -0.2) is 14.4 Å². The Morgan fingerprint density at radius 1 is 1.19 bits per heavy atom. The molecular formula is C23H19FN6O2. The number of nitrogen functional groups attached to an aromatic ring is 1. The number of hydrogen-bond donors (Lipinski definition) is 3. The predicted molar refractivity (Wildman–Crippen MR) is 120 cm³/mol. The Labute approximate surface area is 181 Å². The second kappa shape index (κ2) is 7.52. The van der Waals surface area contributed by atoms with E-state index in [1.807, 2.05) is 19.1 Å². The number of amides is 1. The Morgan fingerprint density at radius 2 is 2.00 bits per heavy atom. The molecule has 2 unspecified atom stereocenters. The van der Waals surface area contributed by atoms with Crippen LogP contribution in [0.5, 0.6) is 0 Å². The summed E-state index contributed by atoms with van der Waals surface area (Å²) in [5.74, 6) is -0.365. The summed E-state index contributed by atoms with van der Waals surface area (Å²) in [6, 6.07) is 8.79. The lowest BCUT2D eigenvalue weighted by molar-refractivity contribution is -0.117. The van der Waals surface area contributed by atoms with Crippen LogP contribution in [-0.4, -0.2) is 32.0 Å². The maximum atomic E-state index is 13.1. The number of rotatable bonds is 4. The number of pyridine rings is 4. The van der Waals surface area contributed by atoms with Crippen molar-refractivity contribution in [2.24, 2.45) is 5.92 Å². The van der Waals surface area contributed by atoms with Crippen LogP contribution in [0.4, 0.5) is 16.0 Å². The van der Waals surface area contributed by atoms with Gasteiger partial charge in [-0.15, -0.1) is 0 Å². The predicted octanol–water partition coefficient (Wildman–Crippen LogP) is 3.23. The van der Waals surface area contributed by atoms with Crippen LogP contribution in [0.15, 0.2) is 53.7 Å². The smallest absolute Gasteiger partial charge is 0.257 e. The van der Waals surface area contributed by atoms with Crippen LogP contribution in [-0.2, 0) is 4.79 Å². The van der Waals surface area contributed by atoms with Crippen molar-refractivity contribution in [3.05, 3.63) is 64.8 Å². The van der Waals surface area contributed by atoms with E-state index in [0.29, 0.717) is 28.2 Å². The summed E-state index contributed by atoms with van der Waals surface area (Å²) < 4.78 is 13.1. The van der Waals surface area contributed by atoms with Gasteiger partial charge in [0.15, 0.2) is 0 Å². The fourth-order valence-corrected chi connectivity index (χ4v) is 3.63. The second-order valence-corrected chi connectivity index (χ2v) is 7.83. The molecule has 1 fully saturated rings. The zero-order valence-electron chi connectivity index (χ0n) is 17.1. The zero-order valence-corrected chi connectivity index (χ0v) is 17.1. The molecule has 1 aliphatic rings. The van der Waals surface area contributed by atoms with Gasteiger partial charge in [0.05, 0.1) is 22.9 Å². The molecule has 2 atom stereocenters. The average molecular weight is 430 g/mol. The van der Waals surface area contributed by atoms with Crippen LogP contribution in [0.25, 0.3) is 33.3 Å². The van der Waals surface area contributed by atoms with Gasteiger partial charge in [-0.3, -0.25) is 14.6 Å². The summed E-state index contributed by atoms with van der Waals surface area (Å²) in [5.41, 5.74) is 9.21. The Kier molecular flexibility index (Phi) is 4.66. The molecule has 1 saturated carbocycles. The topological polar surface area (TPSA) is 127 Å². The number of halogens is 1. The molecule has 0 aromatic carbocycles. The number of aromatic nitrogens is 4. The lowest BCUT2D eigenvalue weighted by atomic mass is 10.0. The minimum absolute atomic E-state index is 0.215. The number of fused-ring (bicyclic) bond motifs is 1. The highest BCUT2D eigenvalue weighted by atomic mass is 19.1. The van der Waals surface area contributed by atoms with Crippen molar-refractivity contribution in [1.82, 2.24) is 19.9 Å². The molecule has 8 nitrogen and oxygen atoms in total. The summed E-state index contributed by atoms with van der Waals surface area (Å²) in [6.07, 6.45) is 3.93. The number of nitrogens with one attached hydrogen (secondary N) is 2. The minimum Gasteiger partial charge on any atom is -0.383 e. The van der Waals surface area contributed by atoms with E-state index in [-0.39, 0.29) is 23.7 Å². The maximum Gasteiger partial charge on any atom is 0.257 e. The highest BCUT2D eigenvalue weighted by Crippen LogP contribution is 2.35. The van der Waals surface area contributed by atoms with Crippen LogP contribution in [0, 0.1) is 12.8 Å². The third kappa shape index (κ3) is 3.58. The molecule has 0 radical (unpaired) electrons. The monoisotopic (exact) mass is 430 g/mol. The molecule has 1 amide bonds. The van der Waals surface area contributed by atoms with Crippen LogP contribution in [0.3, 0.4) is 0 Å². The molecule has 9 heteroatoms. The van der Waals surface area contributed by atoms with E-state index < -0.39 is 12.1 Å². The van der Waals surface area contributed by atoms with Crippen LogP contribution in [0.1, 0.15) is 12.0 Å². The molecular weight excluding hydrogens is 411 g/mol.